The van der Waals surface area contributed by atoms with E-state index in [2.05, 4.69) is 4.72 Å². The molecular formula is C18H19FN2O4S. The Kier molecular flexibility index (Phi) is 5.24. The number of carbonyl (C=O) groups excluding carboxylic acids is 1. The van der Waals surface area contributed by atoms with Crippen LogP contribution in [0.5, 0.6) is 5.75 Å². The number of carbonyl (C=O) groups is 1. The zero-order chi connectivity index (χ0) is 18.7. The molecule has 2 aromatic rings. The van der Waals surface area contributed by atoms with Gasteiger partial charge in [0.25, 0.3) is 0 Å². The van der Waals surface area contributed by atoms with Gasteiger partial charge in [0.2, 0.25) is 15.9 Å². The minimum Gasteiger partial charge on any atom is -0.490 e. The Balaban J connectivity index is 1.85. The second-order valence-electron chi connectivity index (χ2n) is 6.06. The van der Waals surface area contributed by atoms with Crippen molar-refractivity contribution in [1.82, 2.24) is 4.72 Å². The van der Waals surface area contributed by atoms with E-state index in [9.17, 15) is 17.6 Å². The molecule has 1 N–H and O–H groups in total. The molecule has 0 aromatic heterocycles. The van der Waals surface area contributed by atoms with Crippen molar-refractivity contribution in [1.29, 1.82) is 0 Å². The maximum atomic E-state index is 13.2. The first-order valence-corrected chi connectivity index (χ1v) is 9.97. The molecule has 138 valence electrons. The lowest BCUT2D eigenvalue weighted by Gasteiger charge is -2.30. The normalized spacial score (nSPS) is 15.1. The molecule has 0 saturated carbocycles. The summed E-state index contributed by atoms with van der Waals surface area (Å²) in [7, 11) is -3.56. The predicted molar refractivity (Wildman–Crippen MR) is 96.0 cm³/mol. The highest BCUT2D eigenvalue weighted by Gasteiger charge is 2.27. The van der Waals surface area contributed by atoms with Crippen LogP contribution >= 0.6 is 0 Å². The number of para-hydroxylation sites is 2. The smallest absolute Gasteiger partial charge is 0.229 e. The summed E-state index contributed by atoms with van der Waals surface area (Å²) in [5.41, 5.74) is 1.17. The summed E-state index contributed by atoms with van der Waals surface area (Å²) in [6, 6.07) is 11.8. The third kappa shape index (κ3) is 4.39. The first-order valence-electron chi connectivity index (χ1n) is 8.08. The lowest BCUT2D eigenvalue weighted by atomic mass is 10.0. The molecule has 0 bridgehead atoms. The fourth-order valence-corrected chi connectivity index (χ4v) is 3.63. The van der Waals surface area contributed by atoms with Crippen LogP contribution in [0.1, 0.15) is 18.0 Å². The Labute approximate surface area is 151 Å². The van der Waals surface area contributed by atoms with Crippen LogP contribution in [0.25, 0.3) is 0 Å². The Hall–Kier alpha value is -2.45. The topological polar surface area (TPSA) is 75.7 Å². The van der Waals surface area contributed by atoms with Crippen molar-refractivity contribution < 1.29 is 22.3 Å². The third-order valence-corrected chi connectivity index (χ3v) is 4.75. The fraction of sp³-hybridized carbons (Fsp3) is 0.278. The molecule has 6 nitrogen and oxygen atoms in total. The molecule has 1 aliphatic rings. The van der Waals surface area contributed by atoms with Gasteiger partial charge in [-0.25, -0.2) is 17.5 Å². The summed E-state index contributed by atoms with van der Waals surface area (Å²) in [6.45, 7) is 0.744. The lowest BCUT2D eigenvalue weighted by Crippen LogP contribution is -2.40. The molecule has 2 aromatic carbocycles. The van der Waals surface area contributed by atoms with E-state index in [1.165, 1.54) is 24.3 Å². The van der Waals surface area contributed by atoms with E-state index in [1.807, 2.05) is 6.07 Å². The predicted octanol–water partition coefficient (Wildman–Crippen LogP) is 2.23. The highest BCUT2D eigenvalue weighted by molar-refractivity contribution is 7.88. The van der Waals surface area contributed by atoms with Gasteiger partial charge in [0.15, 0.2) is 0 Å². The van der Waals surface area contributed by atoms with E-state index in [1.54, 1.807) is 23.1 Å². The lowest BCUT2D eigenvalue weighted by molar-refractivity contribution is -0.119. The number of amides is 1. The van der Waals surface area contributed by atoms with Gasteiger partial charge in [-0.3, -0.25) is 4.79 Å². The summed E-state index contributed by atoms with van der Waals surface area (Å²) >= 11 is 0. The van der Waals surface area contributed by atoms with E-state index in [0.717, 1.165) is 6.26 Å². The van der Waals surface area contributed by atoms with Crippen molar-refractivity contribution in [2.24, 2.45) is 0 Å². The number of ether oxygens (including phenoxy) is 1. The van der Waals surface area contributed by atoms with Crippen molar-refractivity contribution in [2.75, 3.05) is 24.3 Å². The van der Waals surface area contributed by atoms with Gasteiger partial charge in [-0.15, -0.1) is 0 Å². The van der Waals surface area contributed by atoms with Crippen LogP contribution in [-0.2, 0) is 14.8 Å². The number of hydrogen-bond donors (Lipinski definition) is 1. The molecule has 1 amide bonds. The summed E-state index contributed by atoms with van der Waals surface area (Å²) in [5, 5.41) is 0. The van der Waals surface area contributed by atoms with Crippen molar-refractivity contribution in [3.05, 3.63) is 59.9 Å². The quantitative estimate of drug-likeness (QED) is 0.866. The number of sulfonamides is 1. The average molecular weight is 378 g/mol. The molecule has 1 unspecified atom stereocenters. The van der Waals surface area contributed by atoms with Crippen molar-refractivity contribution >= 4 is 21.6 Å². The van der Waals surface area contributed by atoms with Crippen molar-refractivity contribution in [2.45, 2.75) is 12.5 Å². The van der Waals surface area contributed by atoms with Gasteiger partial charge in [-0.05, 0) is 29.8 Å². The van der Waals surface area contributed by atoms with Crippen LogP contribution in [0.4, 0.5) is 10.1 Å². The van der Waals surface area contributed by atoms with Crippen molar-refractivity contribution in [3.8, 4) is 5.75 Å². The SMILES string of the molecule is CS(=O)(=O)NC(CC(=O)N1CCOc2ccccc21)c1ccc(F)cc1. The van der Waals surface area contributed by atoms with E-state index in [-0.39, 0.29) is 12.3 Å². The molecule has 3 rings (SSSR count). The summed E-state index contributed by atoms with van der Waals surface area (Å²) < 4.78 is 44.6. The largest absolute Gasteiger partial charge is 0.490 e. The Bertz CT molecular complexity index is 900. The van der Waals surface area contributed by atoms with Crippen LogP contribution < -0.4 is 14.4 Å². The molecule has 0 aliphatic carbocycles. The van der Waals surface area contributed by atoms with Gasteiger partial charge in [-0.1, -0.05) is 24.3 Å². The van der Waals surface area contributed by atoms with Crippen molar-refractivity contribution in [3.63, 3.8) is 0 Å². The molecule has 0 fully saturated rings. The van der Waals surface area contributed by atoms with E-state index < -0.39 is 21.9 Å². The van der Waals surface area contributed by atoms with Crippen LogP contribution in [0.15, 0.2) is 48.5 Å². The van der Waals surface area contributed by atoms with Crippen LogP contribution in [0, 0.1) is 5.82 Å². The number of fused-ring (bicyclic) bond motifs is 1. The summed E-state index contributed by atoms with van der Waals surface area (Å²) in [4.78, 5) is 14.4. The minimum atomic E-state index is -3.56. The first kappa shape index (κ1) is 18.3. The Morgan fingerprint density at radius 1 is 1.23 bits per heavy atom. The number of rotatable bonds is 5. The molecule has 8 heteroatoms. The number of anilines is 1. The molecule has 0 saturated heterocycles. The third-order valence-electron chi connectivity index (χ3n) is 4.04. The minimum absolute atomic E-state index is 0.0902. The molecule has 1 atom stereocenters. The highest BCUT2D eigenvalue weighted by Crippen LogP contribution is 2.32. The molecule has 1 heterocycles. The summed E-state index contributed by atoms with van der Waals surface area (Å²) in [5.74, 6) is -0.0620. The second kappa shape index (κ2) is 7.43. The molecule has 0 radical (unpaired) electrons. The molecule has 1 aliphatic heterocycles. The maximum absolute atomic E-state index is 13.2. The van der Waals surface area contributed by atoms with Crippen LogP contribution in [0.2, 0.25) is 0 Å². The zero-order valence-electron chi connectivity index (χ0n) is 14.2. The molecule has 0 spiro atoms. The fourth-order valence-electron chi connectivity index (χ4n) is 2.89. The number of hydrogen-bond acceptors (Lipinski definition) is 4. The number of benzene rings is 2. The van der Waals surface area contributed by atoms with Gasteiger partial charge in [0.1, 0.15) is 18.2 Å². The summed E-state index contributed by atoms with van der Waals surface area (Å²) in [6.07, 6.45) is 0.936. The Morgan fingerprint density at radius 2 is 1.92 bits per heavy atom. The van der Waals surface area contributed by atoms with Gasteiger partial charge in [0.05, 0.1) is 24.5 Å². The number of nitrogens with zero attached hydrogens (tertiary/aromatic N) is 1. The number of nitrogens with one attached hydrogen (secondary N) is 1. The van der Waals surface area contributed by atoms with Crippen LogP contribution in [0.3, 0.4) is 0 Å². The highest BCUT2D eigenvalue weighted by atomic mass is 32.2. The zero-order valence-corrected chi connectivity index (χ0v) is 15.0. The van der Waals surface area contributed by atoms with Crippen LogP contribution in [-0.4, -0.2) is 33.7 Å². The van der Waals surface area contributed by atoms with E-state index in [0.29, 0.717) is 30.2 Å². The first-order chi connectivity index (χ1) is 12.3. The standard InChI is InChI=1S/C18H19FN2O4S/c1-26(23,24)20-15(13-6-8-14(19)9-7-13)12-18(22)21-10-11-25-17-5-3-2-4-16(17)21/h2-9,15,20H,10-12H2,1H3. The number of halogens is 1. The van der Waals surface area contributed by atoms with Gasteiger partial charge in [-0.2, -0.15) is 0 Å². The second-order valence-corrected chi connectivity index (χ2v) is 7.84. The Morgan fingerprint density at radius 3 is 2.62 bits per heavy atom. The van der Waals surface area contributed by atoms with E-state index in [4.69, 9.17) is 4.74 Å². The molecular weight excluding hydrogens is 359 g/mol. The monoisotopic (exact) mass is 378 g/mol. The van der Waals surface area contributed by atoms with E-state index >= 15 is 0 Å². The average Bonchev–Trinajstić information content (AvgIpc) is 2.60. The van der Waals surface area contributed by atoms with Gasteiger partial charge in [0, 0.05) is 6.42 Å². The van der Waals surface area contributed by atoms with Gasteiger partial charge >= 0.3 is 0 Å². The molecule has 26 heavy (non-hydrogen) atoms. The van der Waals surface area contributed by atoms with Gasteiger partial charge < -0.3 is 9.64 Å². The maximum Gasteiger partial charge on any atom is 0.229 e.